The predicted octanol–water partition coefficient (Wildman–Crippen LogP) is 0.781. The molecule has 0 radical (unpaired) electrons. The van der Waals surface area contributed by atoms with Crippen LogP contribution in [0.3, 0.4) is 0 Å². The Morgan fingerprint density at radius 1 is 1.75 bits per heavy atom. The van der Waals surface area contributed by atoms with Gasteiger partial charge in [0.15, 0.2) is 0 Å². The molecule has 1 heterocycles. The van der Waals surface area contributed by atoms with Gasteiger partial charge in [0.2, 0.25) is 0 Å². The lowest BCUT2D eigenvalue weighted by molar-refractivity contribution is 0.00803. The molecule has 0 aromatic heterocycles. The maximum absolute atomic E-state index is 9.94. The molecule has 1 aliphatic rings. The summed E-state index contributed by atoms with van der Waals surface area (Å²) < 4.78 is 5.36. The Labute approximate surface area is 73.2 Å². The maximum atomic E-state index is 9.94. The number of allylic oxidation sites excluding steroid dienone is 1. The van der Waals surface area contributed by atoms with Gasteiger partial charge in [-0.1, -0.05) is 6.92 Å². The Morgan fingerprint density at radius 2 is 2.50 bits per heavy atom. The smallest absolute Gasteiger partial charge is 0.133 e. The zero-order valence-corrected chi connectivity index (χ0v) is 7.55. The van der Waals surface area contributed by atoms with Crippen LogP contribution >= 0.6 is 0 Å². The molecule has 0 aliphatic carbocycles. The summed E-state index contributed by atoms with van der Waals surface area (Å²) in [6.45, 7) is 2.84. The quantitative estimate of drug-likeness (QED) is 0.659. The monoisotopic (exact) mass is 171 g/mol. The Balaban J connectivity index is 2.70. The standard InChI is InChI=1S/C9H17NO2/c1-2-9(11,7-10)8-5-3-4-6-12-8/h5,11H,2-4,6-7,10H2,1H3. The fourth-order valence-electron chi connectivity index (χ4n) is 1.30. The molecule has 0 aromatic rings. The van der Waals surface area contributed by atoms with E-state index < -0.39 is 5.60 Å². The summed E-state index contributed by atoms with van der Waals surface area (Å²) in [5, 5.41) is 9.94. The van der Waals surface area contributed by atoms with Crippen LogP contribution in [0.15, 0.2) is 11.8 Å². The molecule has 1 unspecified atom stereocenters. The van der Waals surface area contributed by atoms with Gasteiger partial charge in [0.1, 0.15) is 11.4 Å². The van der Waals surface area contributed by atoms with E-state index in [1.54, 1.807) is 0 Å². The molecule has 1 atom stereocenters. The lowest BCUT2D eigenvalue weighted by atomic mass is 9.96. The fraction of sp³-hybridized carbons (Fsp3) is 0.778. The minimum atomic E-state index is -0.930. The van der Waals surface area contributed by atoms with Crippen molar-refractivity contribution in [1.82, 2.24) is 0 Å². The van der Waals surface area contributed by atoms with Gasteiger partial charge in [-0.2, -0.15) is 0 Å². The first-order valence-corrected chi connectivity index (χ1v) is 4.49. The third kappa shape index (κ3) is 1.79. The second-order valence-corrected chi connectivity index (χ2v) is 3.15. The van der Waals surface area contributed by atoms with Crippen LogP contribution in [0, 0.1) is 0 Å². The normalized spacial score (nSPS) is 22.4. The minimum absolute atomic E-state index is 0.231. The molecule has 1 aliphatic heterocycles. The minimum Gasteiger partial charge on any atom is -0.495 e. The first-order chi connectivity index (χ1) is 5.73. The molecular weight excluding hydrogens is 154 g/mol. The van der Waals surface area contributed by atoms with Crippen molar-refractivity contribution in [1.29, 1.82) is 0 Å². The zero-order chi connectivity index (χ0) is 9.03. The maximum Gasteiger partial charge on any atom is 0.133 e. The second kappa shape index (κ2) is 3.92. The number of rotatable bonds is 3. The van der Waals surface area contributed by atoms with Crippen LogP contribution in [0.1, 0.15) is 26.2 Å². The highest BCUT2D eigenvalue weighted by atomic mass is 16.5. The van der Waals surface area contributed by atoms with Gasteiger partial charge >= 0.3 is 0 Å². The molecular formula is C9H17NO2. The van der Waals surface area contributed by atoms with Crippen LogP contribution in [0.2, 0.25) is 0 Å². The van der Waals surface area contributed by atoms with E-state index >= 15 is 0 Å². The number of hydrogen-bond donors (Lipinski definition) is 2. The first-order valence-electron chi connectivity index (χ1n) is 4.49. The summed E-state index contributed by atoms with van der Waals surface area (Å²) in [6.07, 6.45) is 4.57. The second-order valence-electron chi connectivity index (χ2n) is 3.15. The fourth-order valence-corrected chi connectivity index (χ4v) is 1.30. The molecule has 3 nitrogen and oxygen atoms in total. The van der Waals surface area contributed by atoms with Gasteiger partial charge in [-0.25, -0.2) is 0 Å². The number of nitrogens with two attached hydrogens (primary N) is 1. The molecule has 0 bridgehead atoms. The van der Waals surface area contributed by atoms with Crippen LogP contribution in [-0.2, 0) is 4.74 Å². The van der Waals surface area contributed by atoms with E-state index in [0.717, 1.165) is 12.8 Å². The van der Waals surface area contributed by atoms with E-state index in [4.69, 9.17) is 10.5 Å². The van der Waals surface area contributed by atoms with E-state index in [1.165, 1.54) is 0 Å². The van der Waals surface area contributed by atoms with Gasteiger partial charge in [-0.3, -0.25) is 0 Å². The Hall–Kier alpha value is -0.540. The highest BCUT2D eigenvalue weighted by Crippen LogP contribution is 2.24. The van der Waals surface area contributed by atoms with Crippen LogP contribution in [0.25, 0.3) is 0 Å². The van der Waals surface area contributed by atoms with Gasteiger partial charge in [-0.05, 0) is 25.3 Å². The van der Waals surface area contributed by atoms with E-state index in [2.05, 4.69) is 0 Å². The van der Waals surface area contributed by atoms with Gasteiger partial charge in [0, 0.05) is 6.54 Å². The highest BCUT2D eigenvalue weighted by Gasteiger charge is 2.30. The SMILES string of the molecule is CCC(O)(CN)C1=CCCCO1. The molecule has 1 rings (SSSR count). The molecule has 0 spiro atoms. The van der Waals surface area contributed by atoms with Crippen molar-refractivity contribution in [3.05, 3.63) is 11.8 Å². The van der Waals surface area contributed by atoms with E-state index in [9.17, 15) is 5.11 Å². The van der Waals surface area contributed by atoms with Crippen LogP contribution in [0.5, 0.6) is 0 Å². The Bertz CT molecular complexity index is 173. The van der Waals surface area contributed by atoms with Crippen molar-refractivity contribution in [3.63, 3.8) is 0 Å². The lowest BCUT2D eigenvalue weighted by Gasteiger charge is -2.30. The largest absolute Gasteiger partial charge is 0.495 e. The third-order valence-electron chi connectivity index (χ3n) is 2.32. The lowest BCUT2D eigenvalue weighted by Crippen LogP contribution is -2.40. The van der Waals surface area contributed by atoms with Gasteiger partial charge in [0.05, 0.1) is 6.61 Å². The Kier molecular flexibility index (Phi) is 3.12. The van der Waals surface area contributed by atoms with Crippen molar-refractivity contribution in [2.75, 3.05) is 13.2 Å². The molecule has 0 saturated heterocycles. The van der Waals surface area contributed by atoms with E-state index in [0.29, 0.717) is 18.8 Å². The molecule has 0 fully saturated rings. The predicted molar refractivity (Wildman–Crippen MR) is 47.6 cm³/mol. The molecule has 0 saturated carbocycles. The van der Waals surface area contributed by atoms with Crippen molar-refractivity contribution >= 4 is 0 Å². The van der Waals surface area contributed by atoms with Crippen LogP contribution in [0.4, 0.5) is 0 Å². The van der Waals surface area contributed by atoms with Crippen molar-refractivity contribution < 1.29 is 9.84 Å². The zero-order valence-electron chi connectivity index (χ0n) is 7.55. The molecule has 3 N–H and O–H groups in total. The van der Waals surface area contributed by atoms with E-state index in [-0.39, 0.29) is 6.54 Å². The number of aliphatic hydroxyl groups is 1. The summed E-state index contributed by atoms with van der Waals surface area (Å²) in [5.41, 5.74) is 4.55. The average Bonchev–Trinajstić information content (AvgIpc) is 2.18. The summed E-state index contributed by atoms with van der Waals surface area (Å²) in [5.74, 6) is 0.666. The summed E-state index contributed by atoms with van der Waals surface area (Å²) in [4.78, 5) is 0. The van der Waals surface area contributed by atoms with Crippen molar-refractivity contribution in [2.24, 2.45) is 5.73 Å². The van der Waals surface area contributed by atoms with Gasteiger partial charge < -0.3 is 15.6 Å². The van der Waals surface area contributed by atoms with Crippen LogP contribution < -0.4 is 5.73 Å². The van der Waals surface area contributed by atoms with Crippen molar-refractivity contribution in [3.8, 4) is 0 Å². The molecule has 3 heteroatoms. The van der Waals surface area contributed by atoms with Gasteiger partial charge in [-0.15, -0.1) is 0 Å². The summed E-state index contributed by atoms with van der Waals surface area (Å²) >= 11 is 0. The first kappa shape index (κ1) is 9.55. The Morgan fingerprint density at radius 3 is 2.92 bits per heavy atom. The highest BCUT2D eigenvalue weighted by molar-refractivity contribution is 5.11. The summed E-state index contributed by atoms with van der Waals surface area (Å²) in [7, 11) is 0. The van der Waals surface area contributed by atoms with Crippen molar-refractivity contribution in [2.45, 2.75) is 31.8 Å². The molecule has 0 aromatic carbocycles. The molecule has 70 valence electrons. The average molecular weight is 171 g/mol. The number of hydrogen-bond acceptors (Lipinski definition) is 3. The summed E-state index contributed by atoms with van der Waals surface area (Å²) in [6, 6.07) is 0. The topological polar surface area (TPSA) is 55.5 Å². The van der Waals surface area contributed by atoms with Gasteiger partial charge in [0.25, 0.3) is 0 Å². The van der Waals surface area contributed by atoms with E-state index in [1.807, 2.05) is 13.0 Å². The van der Waals surface area contributed by atoms with Crippen LogP contribution in [-0.4, -0.2) is 23.9 Å². The molecule has 12 heavy (non-hydrogen) atoms. The third-order valence-corrected chi connectivity index (χ3v) is 2.32. The molecule has 0 amide bonds. The number of ether oxygens (including phenoxy) is 1.